The second-order valence-electron chi connectivity index (χ2n) is 5.30. The summed E-state index contributed by atoms with van der Waals surface area (Å²) >= 11 is 0. The maximum Gasteiger partial charge on any atom is 0.131 e. The van der Waals surface area contributed by atoms with Crippen molar-refractivity contribution < 1.29 is 8.78 Å². The highest BCUT2D eigenvalue weighted by molar-refractivity contribution is 5.47. The molecule has 0 saturated carbocycles. The van der Waals surface area contributed by atoms with E-state index >= 15 is 0 Å². The number of aryl methyl sites for hydroxylation is 1. The molecule has 0 aliphatic heterocycles. The molecule has 2 aromatic rings. The summed E-state index contributed by atoms with van der Waals surface area (Å²) in [6.45, 7) is 3.92. The molecule has 21 heavy (non-hydrogen) atoms. The largest absolute Gasteiger partial charge is 0.378 e. The first kappa shape index (κ1) is 15.5. The van der Waals surface area contributed by atoms with Gasteiger partial charge in [-0.05, 0) is 49.6 Å². The van der Waals surface area contributed by atoms with Gasteiger partial charge in [0.2, 0.25) is 0 Å². The highest BCUT2D eigenvalue weighted by Gasteiger charge is 2.15. The molecule has 0 fully saturated rings. The molecule has 1 atom stereocenters. The Labute approximate surface area is 125 Å². The minimum absolute atomic E-state index is 0.0764. The smallest absolute Gasteiger partial charge is 0.131 e. The second-order valence-corrected chi connectivity index (χ2v) is 5.30. The molecular weight excluding hydrogens is 268 g/mol. The summed E-state index contributed by atoms with van der Waals surface area (Å²) in [5.74, 6) is -1.04. The Morgan fingerprint density at radius 3 is 2.19 bits per heavy atom. The van der Waals surface area contributed by atoms with Gasteiger partial charge in [0.05, 0.1) is 6.04 Å². The van der Waals surface area contributed by atoms with Gasteiger partial charge < -0.3 is 5.32 Å². The van der Waals surface area contributed by atoms with Gasteiger partial charge in [-0.2, -0.15) is 0 Å². The summed E-state index contributed by atoms with van der Waals surface area (Å²) in [6, 6.07) is 11.6. The fraction of sp³-hybridized carbons (Fsp3) is 0.333. The molecule has 0 radical (unpaired) electrons. The Balaban J connectivity index is 2.07. The molecule has 1 N–H and O–H groups in total. The fourth-order valence-electron chi connectivity index (χ4n) is 2.40. The molecule has 3 heteroatoms. The first-order valence-electron chi connectivity index (χ1n) is 7.41. The van der Waals surface area contributed by atoms with Gasteiger partial charge in [0.25, 0.3) is 0 Å². The number of rotatable bonds is 6. The van der Waals surface area contributed by atoms with Gasteiger partial charge in [0.1, 0.15) is 11.6 Å². The molecule has 0 amide bonds. The SMILES string of the molecule is CCCCc1ccc(NC(C)c2c(F)cccc2F)cc1. The molecule has 1 unspecified atom stereocenters. The maximum absolute atomic E-state index is 13.7. The highest BCUT2D eigenvalue weighted by atomic mass is 19.1. The summed E-state index contributed by atoms with van der Waals surface area (Å²) in [5, 5.41) is 3.14. The van der Waals surface area contributed by atoms with Crippen LogP contribution in [0.2, 0.25) is 0 Å². The first-order valence-corrected chi connectivity index (χ1v) is 7.41. The van der Waals surface area contributed by atoms with Crippen molar-refractivity contribution >= 4 is 5.69 Å². The molecule has 0 aliphatic rings. The monoisotopic (exact) mass is 289 g/mol. The quantitative estimate of drug-likeness (QED) is 0.742. The molecule has 0 aliphatic carbocycles. The van der Waals surface area contributed by atoms with E-state index in [1.54, 1.807) is 6.92 Å². The lowest BCUT2D eigenvalue weighted by molar-refractivity contribution is 0.544. The molecule has 2 rings (SSSR count). The number of benzene rings is 2. The highest BCUT2D eigenvalue weighted by Crippen LogP contribution is 2.24. The van der Waals surface area contributed by atoms with E-state index in [4.69, 9.17) is 0 Å². The fourth-order valence-corrected chi connectivity index (χ4v) is 2.40. The first-order chi connectivity index (χ1) is 10.1. The summed E-state index contributed by atoms with van der Waals surface area (Å²) < 4.78 is 27.5. The summed E-state index contributed by atoms with van der Waals surface area (Å²) in [5.41, 5.74) is 2.23. The number of unbranched alkanes of at least 4 members (excludes halogenated alkanes) is 1. The predicted molar refractivity (Wildman–Crippen MR) is 83.4 cm³/mol. The second kappa shape index (κ2) is 7.21. The summed E-state index contributed by atoms with van der Waals surface area (Å²) in [6.07, 6.45) is 3.40. The van der Waals surface area contributed by atoms with Crippen LogP contribution in [0, 0.1) is 11.6 Å². The minimum Gasteiger partial charge on any atom is -0.378 e. The molecule has 0 aromatic heterocycles. The van der Waals surface area contributed by atoms with Crippen molar-refractivity contribution in [3.8, 4) is 0 Å². The normalized spacial score (nSPS) is 12.2. The lowest BCUT2D eigenvalue weighted by atomic mass is 10.1. The van der Waals surface area contributed by atoms with Gasteiger partial charge >= 0.3 is 0 Å². The van der Waals surface area contributed by atoms with Crippen LogP contribution in [0.3, 0.4) is 0 Å². The average molecular weight is 289 g/mol. The van der Waals surface area contributed by atoms with Crippen LogP contribution < -0.4 is 5.32 Å². The van der Waals surface area contributed by atoms with Gasteiger partial charge in [-0.3, -0.25) is 0 Å². The number of hydrogen-bond acceptors (Lipinski definition) is 1. The van der Waals surface area contributed by atoms with E-state index in [1.165, 1.54) is 36.6 Å². The van der Waals surface area contributed by atoms with Crippen molar-refractivity contribution in [2.75, 3.05) is 5.32 Å². The Morgan fingerprint density at radius 1 is 1.00 bits per heavy atom. The predicted octanol–water partition coefficient (Wildman–Crippen LogP) is 5.48. The Hall–Kier alpha value is -1.90. The van der Waals surface area contributed by atoms with Crippen LogP contribution in [0.15, 0.2) is 42.5 Å². The molecule has 1 nitrogen and oxygen atoms in total. The van der Waals surface area contributed by atoms with Crippen molar-refractivity contribution in [3.63, 3.8) is 0 Å². The van der Waals surface area contributed by atoms with E-state index in [1.807, 2.05) is 12.1 Å². The number of nitrogens with one attached hydrogen (secondary N) is 1. The third kappa shape index (κ3) is 4.03. The van der Waals surface area contributed by atoms with Crippen LogP contribution in [-0.4, -0.2) is 0 Å². The molecule has 2 aromatic carbocycles. The Bertz CT molecular complexity index is 558. The molecular formula is C18H21F2N. The summed E-state index contributed by atoms with van der Waals surface area (Å²) in [7, 11) is 0. The van der Waals surface area contributed by atoms with Gasteiger partial charge in [-0.1, -0.05) is 31.5 Å². The topological polar surface area (TPSA) is 12.0 Å². The van der Waals surface area contributed by atoms with Crippen molar-refractivity contribution in [2.24, 2.45) is 0 Å². The zero-order chi connectivity index (χ0) is 15.2. The Morgan fingerprint density at radius 2 is 1.62 bits per heavy atom. The van der Waals surface area contributed by atoms with Gasteiger partial charge in [-0.15, -0.1) is 0 Å². The lowest BCUT2D eigenvalue weighted by Crippen LogP contribution is -2.10. The van der Waals surface area contributed by atoms with Crippen LogP contribution >= 0.6 is 0 Å². The Kier molecular flexibility index (Phi) is 5.32. The van der Waals surface area contributed by atoms with Crippen molar-refractivity contribution in [3.05, 3.63) is 65.2 Å². The molecule has 0 bridgehead atoms. The van der Waals surface area contributed by atoms with Gasteiger partial charge in [-0.25, -0.2) is 8.78 Å². The minimum atomic E-state index is -0.519. The molecule has 0 heterocycles. The molecule has 0 spiro atoms. The van der Waals surface area contributed by atoms with Crippen LogP contribution in [0.25, 0.3) is 0 Å². The zero-order valence-electron chi connectivity index (χ0n) is 12.5. The lowest BCUT2D eigenvalue weighted by Gasteiger charge is -2.17. The van der Waals surface area contributed by atoms with E-state index in [2.05, 4.69) is 24.4 Å². The van der Waals surface area contributed by atoms with E-state index in [0.717, 1.165) is 12.1 Å². The van der Waals surface area contributed by atoms with E-state index in [9.17, 15) is 8.78 Å². The van der Waals surface area contributed by atoms with Crippen LogP contribution in [0.4, 0.5) is 14.5 Å². The van der Waals surface area contributed by atoms with Crippen molar-refractivity contribution in [1.29, 1.82) is 0 Å². The number of halogens is 2. The number of hydrogen-bond donors (Lipinski definition) is 1. The standard InChI is InChI=1S/C18H21F2N/c1-3-4-6-14-9-11-15(12-10-14)21-13(2)18-16(19)7-5-8-17(18)20/h5,7-13,21H,3-4,6H2,1-2H3. The van der Waals surface area contributed by atoms with E-state index < -0.39 is 17.7 Å². The van der Waals surface area contributed by atoms with E-state index in [-0.39, 0.29) is 5.56 Å². The zero-order valence-corrected chi connectivity index (χ0v) is 12.5. The number of anilines is 1. The van der Waals surface area contributed by atoms with Crippen LogP contribution in [-0.2, 0) is 6.42 Å². The molecule has 0 saturated heterocycles. The van der Waals surface area contributed by atoms with Gasteiger partial charge in [0.15, 0.2) is 0 Å². The van der Waals surface area contributed by atoms with Crippen LogP contribution in [0.1, 0.15) is 43.9 Å². The third-order valence-corrected chi connectivity index (χ3v) is 3.59. The molecule has 112 valence electrons. The van der Waals surface area contributed by atoms with Crippen molar-refractivity contribution in [2.45, 2.75) is 39.2 Å². The van der Waals surface area contributed by atoms with E-state index in [0.29, 0.717) is 0 Å². The van der Waals surface area contributed by atoms with Crippen LogP contribution in [0.5, 0.6) is 0 Å². The van der Waals surface area contributed by atoms with Gasteiger partial charge in [0, 0.05) is 11.3 Å². The third-order valence-electron chi connectivity index (χ3n) is 3.59. The maximum atomic E-state index is 13.7. The average Bonchev–Trinajstić information content (AvgIpc) is 2.46. The summed E-state index contributed by atoms with van der Waals surface area (Å²) in [4.78, 5) is 0. The van der Waals surface area contributed by atoms with Crippen molar-refractivity contribution in [1.82, 2.24) is 0 Å².